The van der Waals surface area contributed by atoms with Crippen LogP contribution in [0.2, 0.25) is 0 Å². The molecule has 1 atom stereocenters. The lowest BCUT2D eigenvalue weighted by molar-refractivity contribution is 0.152. The van der Waals surface area contributed by atoms with Gasteiger partial charge < -0.3 is 10.8 Å². The molecule has 0 saturated carbocycles. The second-order valence-corrected chi connectivity index (χ2v) is 4.05. The van der Waals surface area contributed by atoms with Crippen molar-refractivity contribution in [3.05, 3.63) is 0 Å². The minimum Gasteiger partial charge on any atom is -0.377 e. The number of aliphatic hydroxyl groups is 1. The van der Waals surface area contributed by atoms with E-state index in [1.807, 2.05) is 0 Å². The molecule has 7 heavy (non-hydrogen) atoms. The molecule has 0 radical (unpaired) electrons. The van der Waals surface area contributed by atoms with Gasteiger partial charge in [-0.2, -0.15) is 0 Å². The van der Waals surface area contributed by atoms with Gasteiger partial charge in [-0.3, -0.25) is 0 Å². The molecule has 0 amide bonds. The molecule has 0 aromatic heterocycles. The molecular weight excluding hydrogens is 158 g/mol. The predicted octanol–water partition coefficient (Wildman–Crippen LogP) is 0.437. The number of rotatable bonds is 1. The summed E-state index contributed by atoms with van der Waals surface area (Å²) in [5, 5.41) is 8.62. The van der Waals surface area contributed by atoms with Crippen LogP contribution in [-0.2, 0) is 0 Å². The Labute approximate surface area is 51.8 Å². The molecule has 0 aliphatic heterocycles. The SMILES string of the molecule is CC(C)(Br)C(N)O. The van der Waals surface area contributed by atoms with E-state index in [2.05, 4.69) is 15.9 Å². The highest BCUT2D eigenvalue weighted by atomic mass is 79.9. The van der Waals surface area contributed by atoms with Crippen molar-refractivity contribution >= 4 is 15.9 Å². The first-order valence-corrected chi connectivity index (χ1v) is 2.86. The molecule has 44 valence electrons. The van der Waals surface area contributed by atoms with Gasteiger partial charge in [0.2, 0.25) is 0 Å². The second-order valence-electron chi connectivity index (χ2n) is 2.01. The smallest absolute Gasteiger partial charge is 0.117 e. The van der Waals surface area contributed by atoms with Crippen LogP contribution in [0.15, 0.2) is 0 Å². The van der Waals surface area contributed by atoms with Crippen LogP contribution in [0, 0.1) is 0 Å². The first kappa shape index (κ1) is 7.40. The van der Waals surface area contributed by atoms with Gasteiger partial charge in [0.1, 0.15) is 6.23 Å². The summed E-state index contributed by atoms with van der Waals surface area (Å²) in [6.45, 7) is 3.61. The van der Waals surface area contributed by atoms with Crippen LogP contribution in [0.4, 0.5) is 0 Å². The van der Waals surface area contributed by atoms with Crippen molar-refractivity contribution in [2.24, 2.45) is 5.73 Å². The van der Waals surface area contributed by atoms with E-state index in [4.69, 9.17) is 10.8 Å². The van der Waals surface area contributed by atoms with Crippen molar-refractivity contribution in [1.29, 1.82) is 0 Å². The number of hydrogen-bond donors (Lipinski definition) is 2. The Morgan fingerprint density at radius 1 is 1.71 bits per heavy atom. The highest BCUT2D eigenvalue weighted by molar-refractivity contribution is 9.10. The van der Waals surface area contributed by atoms with E-state index in [0.717, 1.165) is 0 Å². The van der Waals surface area contributed by atoms with Crippen LogP contribution in [0.1, 0.15) is 13.8 Å². The predicted molar refractivity (Wildman–Crippen MR) is 33.2 cm³/mol. The van der Waals surface area contributed by atoms with E-state index in [-0.39, 0.29) is 4.32 Å². The van der Waals surface area contributed by atoms with Crippen LogP contribution in [0.5, 0.6) is 0 Å². The lowest BCUT2D eigenvalue weighted by atomic mass is 10.2. The van der Waals surface area contributed by atoms with Gasteiger partial charge in [0.05, 0.1) is 4.32 Å². The number of alkyl halides is 1. The highest BCUT2D eigenvalue weighted by Crippen LogP contribution is 2.16. The standard InChI is InChI=1S/C4H10BrNO/c1-4(2,5)3(6)7/h3,7H,6H2,1-2H3. The van der Waals surface area contributed by atoms with Crippen LogP contribution in [0.25, 0.3) is 0 Å². The fourth-order valence-corrected chi connectivity index (χ4v) is 0. The molecule has 3 N–H and O–H groups in total. The lowest BCUT2D eigenvalue weighted by Gasteiger charge is -2.18. The maximum Gasteiger partial charge on any atom is 0.117 e. The van der Waals surface area contributed by atoms with Crippen LogP contribution in [-0.4, -0.2) is 15.7 Å². The fourth-order valence-electron chi connectivity index (χ4n) is 0. The molecule has 0 aromatic rings. The maximum absolute atomic E-state index is 8.62. The van der Waals surface area contributed by atoms with Crippen molar-refractivity contribution < 1.29 is 5.11 Å². The Bertz CT molecular complexity index is 57.2. The second kappa shape index (κ2) is 2.11. The minimum atomic E-state index is -0.785. The summed E-state index contributed by atoms with van der Waals surface area (Å²) in [4.78, 5) is 0. The molecular formula is C4H10BrNO. The number of nitrogens with two attached hydrogens (primary N) is 1. The summed E-state index contributed by atoms with van der Waals surface area (Å²) in [5.74, 6) is 0. The van der Waals surface area contributed by atoms with Gasteiger partial charge in [0.15, 0.2) is 0 Å². The summed E-state index contributed by atoms with van der Waals surface area (Å²) in [6.07, 6.45) is -0.785. The van der Waals surface area contributed by atoms with E-state index < -0.39 is 6.23 Å². The maximum atomic E-state index is 8.62. The largest absolute Gasteiger partial charge is 0.377 e. The number of hydrogen-bond acceptors (Lipinski definition) is 2. The zero-order valence-corrected chi connectivity index (χ0v) is 6.07. The Hall–Kier alpha value is 0.400. The molecule has 0 aromatic carbocycles. The summed E-state index contributed by atoms with van der Waals surface area (Å²) >= 11 is 3.17. The number of aliphatic hydroxyl groups excluding tert-OH is 1. The monoisotopic (exact) mass is 167 g/mol. The average molecular weight is 168 g/mol. The van der Waals surface area contributed by atoms with Crippen molar-refractivity contribution in [3.8, 4) is 0 Å². The van der Waals surface area contributed by atoms with E-state index in [9.17, 15) is 0 Å². The van der Waals surface area contributed by atoms with Gasteiger partial charge in [-0.15, -0.1) is 0 Å². The summed E-state index contributed by atoms with van der Waals surface area (Å²) in [5.41, 5.74) is 5.08. The van der Waals surface area contributed by atoms with Crippen LogP contribution < -0.4 is 5.73 Å². The van der Waals surface area contributed by atoms with Crippen molar-refractivity contribution in [1.82, 2.24) is 0 Å². The normalized spacial score (nSPS) is 16.7. The third-order valence-electron chi connectivity index (χ3n) is 0.703. The van der Waals surface area contributed by atoms with E-state index in [1.165, 1.54) is 0 Å². The molecule has 2 nitrogen and oxygen atoms in total. The summed E-state index contributed by atoms with van der Waals surface area (Å²) in [7, 11) is 0. The lowest BCUT2D eigenvalue weighted by Crippen LogP contribution is -2.37. The molecule has 0 saturated heterocycles. The van der Waals surface area contributed by atoms with Crippen LogP contribution in [0.3, 0.4) is 0 Å². The zero-order chi connectivity index (χ0) is 6.08. The molecule has 0 spiro atoms. The first-order valence-electron chi connectivity index (χ1n) is 2.07. The van der Waals surface area contributed by atoms with Gasteiger partial charge in [0, 0.05) is 0 Å². The average Bonchev–Trinajstić information content (AvgIpc) is 1.31. The Morgan fingerprint density at radius 2 is 1.86 bits per heavy atom. The van der Waals surface area contributed by atoms with Crippen molar-refractivity contribution in [2.75, 3.05) is 0 Å². The Balaban J connectivity index is 3.54. The first-order chi connectivity index (χ1) is 2.94. The molecule has 0 aliphatic rings. The van der Waals surface area contributed by atoms with Gasteiger partial charge >= 0.3 is 0 Å². The molecule has 1 unspecified atom stereocenters. The molecule has 0 rings (SSSR count). The summed E-state index contributed by atoms with van der Waals surface area (Å²) < 4.78 is -0.354. The topological polar surface area (TPSA) is 46.2 Å². The molecule has 0 bridgehead atoms. The van der Waals surface area contributed by atoms with E-state index >= 15 is 0 Å². The van der Waals surface area contributed by atoms with Crippen LogP contribution >= 0.6 is 15.9 Å². The van der Waals surface area contributed by atoms with Gasteiger partial charge in [-0.25, -0.2) is 0 Å². The number of halogens is 1. The van der Waals surface area contributed by atoms with E-state index in [0.29, 0.717) is 0 Å². The van der Waals surface area contributed by atoms with Crippen molar-refractivity contribution in [3.63, 3.8) is 0 Å². The molecule has 3 heteroatoms. The zero-order valence-electron chi connectivity index (χ0n) is 4.48. The third-order valence-corrected chi connectivity index (χ3v) is 1.17. The Morgan fingerprint density at radius 3 is 1.86 bits per heavy atom. The van der Waals surface area contributed by atoms with Gasteiger partial charge in [-0.05, 0) is 13.8 Å². The van der Waals surface area contributed by atoms with Gasteiger partial charge in [0.25, 0.3) is 0 Å². The highest BCUT2D eigenvalue weighted by Gasteiger charge is 2.19. The van der Waals surface area contributed by atoms with Crippen molar-refractivity contribution in [2.45, 2.75) is 24.4 Å². The quantitative estimate of drug-likeness (QED) is 0.440. The van der Waals surface area contributed by atoms with Gasteiger partial charge in [-0.1, -0.05) is 15.9 Å². The Kier molecular flexibility index (Phi) is 2.23. The summed E-state index contributed by atoms with van der Waals surface area (Å²) in [6, 6.07) is 0. The molecule has 0 heterocycles. The van der Waals surface area contributed by atoms with E-state index in [1.54, 1.807) is 13.8 Å². The fraction of sp³-hybridized carbons (Fsp3) is 1.00. The minimum absolute atomic E-state index is 0.354. The molecule has 0 aliphatic carbocycles. The third kappa shape index (κ3) is 3.02. The molecule has 0 fully saturated rings.